The van der Waals surface area contributed by atoms with Crippen molar-refractivity contribution in [2.24, 2.45) is 5.92 Å². The van der Waals surface area contributed by atoms with Crippen molar-refractivity contribution >= 4 is 38.5 Å². The van der Waals surface area contributed by atoms with E-state index in [9.17, 15) is 4.79 Å². The summed E-state index contributed by atoms with van der Waals surface area (Å²) in [4.78, 5) is 13.0. The molecule has 1 aromatic rings. The minimum Gasteiger partial charge on any atom is 0 e. The molecule has 0 aliphatic carbocycles. The number of hydrogen-bond acceptors (Lipinski definition) is 4. The van der Waals surface area contributed by atoms with E-state index in [0.29, 0.717) is 0 Å². The fraction of sp³-hybridized carbons (Fsp3) is 0.583. The van der Waals surface area contributed by atoms with Gasteiger partial charge in [-0.1, -0.05) is 70.4 Å². The fourth-order valence-electron chi connectivity index (χ4n) is 2.89. The fourth-order valence-corrected chi connectivity index (χ4v) is 6.57. The Kier molecular flexibility index (Phi) is 21.9. The van der Waals surface area contributed by atoms with Crippen LogP contribution in [-0.2, 0) is 40.5 Å². The molecule has 2 atom stereocenters. The smallest absolute Gasteiger partial charge is 0 e. The Labute approximate surface area is 223 Å². The second-order valence-corrected chi connectivity index (χ2v) is 21.5. The van der Waals surface area contributed by atoms with Crippen LogP contribution in [0.3, 0.4) is 0 Å². The summed E-state index contributed by atoms with van der Waals surface area (Å²) in [7, 11) is -1.81. The summed E-state index contributed by atoms with van der Waals surface area (Å²) < 4.78 is 34.5. The van der Waals surface area contributed by atoms with Crippen molar-refractivity contribution in [1.82, 2.24) is 0 Å². The van der Waals surface area contributed by atoms with Gasteiger partial charge in [-0.05, 0) is 37.3 Å². The minimum absolute atomic E-state index is 0. The molecule has 1 aromatic carbocycles. The summed E-state index contributed by atoms with van der Waals surface area (Å²) in [6.45, 7) is 35.3. The van der Waals surface area contributed by atoms with Gasteiger partial charge < -0.3 is 9.16 Å². The molecule has 0 saturated heterocycles. The number of carbonyl (C=O) groups is 1. The number of methoxy groups -OCH3 is 1. The summed E-state index contributed by atoms with van der Waals surface area (Å²) in [5, 5.41) is 1.51. The van der Waals surface area contributed by atoms with Crippen LogP contribution in [-0.4, -0.2) is 33.4 Å². The van der Waals surface area contributed by atoms with Gasteiger partial charge in [-0.15, -0.1) is 0 Å². The first-order chi connectivity index (χ1) is 15.0. The first-order valence-corrected chi connectivity index (χ1v) is 18.0. The van der Waals surface area contributed by atoms with Crippen molar-refractivity contribution in [2.75, 3.05) is 7.11 Å². The van der Waals surface area contributed by atoms with Gasteiger partial charge in [0.1, 0.15) is 5.75 Å². The van der Waals surface area contributed by atoms with Crippen LogP contribution >= 0.6 is 11.8 Å². The van der Waals surface area contributed by atoms with Crippen molar-refractivity contribution in [1.29, 1.82) is 0 Å². The zero-order valence-corrected chi connectivity index (χ0v) is 26.2. The second kappa shape index (κ2) is 18.5. The molecule has 0 aromatic heterocycles. The molecule has 1 rings (SSSR count). The van der Waals surface area contributed by atoms with E-state index in [1.54, 1.807) is 7.11 Å². The van der Waals surface area contributed by atoms with Crippen LogP contribution in [0.25, 0.3) is 0 Å². The van der Waals surface area contributed by atoms with Crippen molar-refractivity contribution in [2.45, 2.75) is 77.8 Å². The molecule has 0 bridgehead atoms. The number of benzene rings is 1. The Morgan fingerprint density at radius 1 is 0.971 bits per heavy atom. The number of rotatable bonds is 7. The maximum absolute atomic E-state index is 13.0. The molecular weight excluding hydrogens is 524 g/mol. The molecule has 0 saturated carbocycles. The van der Waals surface area contributed by atoms with Crippen molar-refractivity contribution < 1.29 is 45.3 Å². The summed E-state index contributed by atoms with van der Waals surface area (Å²) >= 11 is 1.42. The van der Waals surface area contributed by atoms with Gasteiger partial charge in [-0.2, -0.15) is 0 Å². The Hall–Kier alpha value is -0.814. The molecule has 6 nitrogen and oxygen atoms in total. The van der Waals surface area contributed by atoms with Gasteiger partial charge in [-0.25, -0.2) is 0 Å². The zero-order valence-electron chi connectivity index (χ0n) is 22.2. The van der Waals surface area contributed by atoms with E-state index in [0.717, 1.165) is 11.3 Å². The molecule has 190 valence electrons. The number of ether oxygens (including phenoxy) is 1. The van der Waals surface area contributed by atoms with Gasteiger partial charge in [0.2, 0.25) is 0 Å². The minimum atomic E-state index is -1.85. The molecule has 0 radical (unpaired) electrons. The van der Waals surface area contributed by atoms with Gasteiger partial charge in [0.05, 0.1) is 27.2 Å². The molecule has 0 aliphatic heterocycles. The third-order valence-electron chi connectivity index (χ3n) is 4.09. The zero-order chi connectivity index (χ0) is 27.2. The number of carbonyl (C=O) groups excluding carboxylic acids is 1. The van der Waals surface area contributed by atoms with Crippen molar-refractivity contribution in [3.05, 3.63) is 43.7 Å². The Balaban J connectivity index is -0.000000593. The second-order valence-electron chi connectivity index (χ2n) is 10.2. The SMILES string of the molecule is COc1ccc([C@@H](O[Si](C)(C)C)[C@@H](C)C(=O)SC(C)(C)C)c([Si](C)(C)C)c1.[C-]#[O+].[C-]#[O+].[C-]#[O+].[Cr]. The maximum Gasteiger partial charge on any atom is 0 e. The molecule has 0 amide bonds. The van der Waals surface area contributed by atoms with Crippen LogP contribution in [0, 0.1) is 25.9 Å². The van der Waals surface area contributed by atoms with Crippen LogP contribution < -0.4 is 9.92 Å². The molecule has 0 heterocycles. The molecule has 0 N–H and O–H groups in total. The summed E-state index contributed by atoms with van der Waals surface area (Å²) in [6.07, 6.45) is -0.216. The Morgan fingerprint density at radius 3 is 1.74 bits per heavy atom. The monoisotopic (exact) mass is 562 g/mol. The van der Waals surface area contributed by atoms with E-state index in [1.165, 1.54) is 16.9 Å². The van der Waals surface area contributed by atoms with E-state index >= 15 is 0 Å². The average molecular weight is 563 g/mol. The van der Waals surface area contributed by atoms with E-state index in [-0.39, 0.29) is 39.2 Å². The average Bonchev–Trinajstić information content (AvgIpc) is 2.73. The number of thioether (sulfide) groups is 1. The first-order valence-electron chi connectivity index (χ1n) is 10.3. The quantitative estimate of drug-likeness (QED) is 0.242. The van der Waals surface area contributed by atoms with Crippen LogP contribution in [0.4, 0.5) is 0 Å². The largest absolute Gasteiger partial charge is 0 e. The van der Waals surface area contributed by atoms with Crippen molar-refractivity contribution in [3.63, 3.8) is 0 Å². The molecule has 0 aliphatic rings. The maximum atomic E-state index is 13.0. The van der Waals surface area contributed by atoms with Crippen molar-refractivity contribution in [3.8, 4) is 5.75 Å². The van der Waals surface area contributed by atoms with Crippen LogP contribution in [0.1, 0.15) is 39.4 Å². The first kappa shape index (κ1) is 40.4. The predicted molar refractivity (Wildman–Crippen MR) is 136 cm³/mol. The van der Waals surface area contributed by atoms with Crippen LogP contribution in [0.2, 0.25) is 39.3 Å². The summed E-state index contributed by atoms with van der Waals surface area (Å²) in [5.74, 6) is 0.662. The standard InChI is InChI=1S/C21H38O3SSi2.3CO.Cr/c1-15(20(22)25-21(2,3)4)19(24-27(9,10)11)17-13-12-16(23-5)14-18(17)26(6,7)8;3*1-2;/h12-15,19H,1-11H3;;;;/t15-,19+;;;;/m1..../s1. The van der Waals surface area contributed by atoms with Gasteiger partial charge in [0.15, 0.2) is 13.4 Å². The molecule has 0 spiro atoms. The van der Waals surface area contributed by atoms with Gasteiger partial charge in [0.25, 0.3) is 0 Å². The Bertz CT molecular complexity index is 776. The topological polar surface area (TPSA) is 95.2 Å². The van der Waals surface area contributed by atoms with Gasteiger partial charge in [-0.3, -0.25) is 4.79 Å². The molecule has 10 heteroatoms. The van der Waals surface area contributed by atoms with Crippen LogP contribution in [0.5, 0.6) is 5.75 Å². The van der Waals surface area contributed by atoms with E-state index in [2.05, 4.69) is 92.1 Å². The summed E-state index contributed by atoms with van der Waals surface area (Å²) in [5.41, 5.74) is 1.16. The molecular formula is C24H38CrO6SSi2. The third kappa shape index (κ3) is 16.0. The van der Waals surface area contributed by atoms with E-state index in [4.69, 9.17) is 23.1 Å². The molecule has 0 unspecified atom stereocenters. The van der Waals surface area contributed by atoms with Crippen LogP contribution in [0.15, 0.2) is 18.2 Å². The Morgan fingerprint density at radius 2 is 1.41 bits per heavy atom. The number of hydrogen-bond donors (Lipinski definition) is 0. The van der Waals surface area contributed by atoms with Gasteiger partial charge in [0, 0.05) is 22.1 Å². The third-order valence-corrected chi connectivity index (χ3v) is 8.28. The predicted octanol–water partition coefficient (Wildman–Crippen LogP) is 5.71. The summed E-state index contributed by atoms with van der Waals surface area (Å²) in [6, 6.07) is 6.26. The normalized spacial score (nSPS) is 12.4. The van der Waals surface area contributed by atoms with Gasteiger partial charge >= 0.3 is 33.9 Å². The molecule has 34 heavy (non-hydrogen) atoms. The van der Waals surface area contributed by atoms with E-state index in [1.807, 2.05) is 13.0 Å². The molecule has 0 fully saturated rings. The van der Waals surface area contributed by atoms with E-state index < -0.39 is 16.4 Å².